The molecular weight excluding hydrogens is 504 g/mol. The zero-order valence-corrected chi connectivity index (χ0v) is 21.2. The van der Waals surface area contributed by atoms with Crippen molar-refractivity contribution in [3.8, 4) is 22.8 Å². The van der Waals surface area contributed by atoms with Gasteiger partial charge >= 0.3 is 0 Å². The average molecular weight is 529 g/mol. The number of hydrogen-bond acceptors (Lipinski definition) is 8. The highest BCUT2D eigenvalue weighted by Crippen LogP contribution is 2.29. The molecule has 0 fully saturated rings. The molecule has 0 aliphatic carbocycles. The molecule has 11 heteroatoms. The van der Waals surface area contributed by atoms with Gasteiger partial charge in [0.15, 0.2) is 11.0 Å². The van der Waals surface area contributed by atoms with Gasteiger partial charge in [-0.2, -0.15) is 5.10 Å². The number of ether oxygens (including phenoxy) is 1. The van der Waals surface area contributed by atoms with Crippen LogP contribution in [0.1, 0.15) is 12.5 Å². The summed E-state index contributed by atoms with van der Waals surface area (Å²) < 4.78 is 7.44. The number of para-hydroxylation sites is 1. The van der Waals surface area contributed by atoms with E-state index in [0.717, 1.165) is 17.0 Å². The molecule has 0 bridgehead atoms. The molecule has 1 N–H and O–H groups in total. The summed E-state index contributed by atoms with van der Waals surface area (Å²) in [5, 5.41) is 24.2. The zero-order chi connectivity index (χ0) is 26.7. The van der Waals surface area contributed by atoms with E-state index in [9.17, 15) is 14.9 Å². The van der Waals surface area contributed by atoms with Crippen molar-refractivity contribution in [3.63, 3.8) is 0 Å². The summed E-state index contributed by atoms with van der Waals surface area (Å²) in [5.41, 5.74) is 4.60. The number of carbonyl (C=O) groups excluding carboxylic acids is 1. The molecule has 0 radical (unpaired) electrons. The van der Waals surface area contributed by atoms with Crippen molar-refractivity contribution in [1.82, 2.24) is 20.2 Å². The lowest BCUT2D eigenvalue weighted by Gasteiger charge is -2.11. The minimum atomic E-state index is -0.453. The number of carbonyl (C=O) groups is 1. The summed E-state index contributed by atoms with van der Waals surface area (Å²) >= 11 is 1.22. The summed E-state index contributed by atoms with van der Waals surface area (Å²) in [4.78, 5) is 23.0. The van der Waals surface area contributed by atoms with Gasteiger partial charge in [0.05, 0.1) is 22.8 Å². The predicted octanol–water partition coefficient (Wildman–Crippen LogP) is 5.15. The van der Waals surface area contributed by atoms with Crippen LogP contribution in [0.25, 0.3) is 23.2 Å². The molecule has 4 aromatic rings. The Bertz CT molecular complexity index is 1450. The fraction of sp³-hybridized carbons (Fsp3) is 0.111. The highest BCUT2D eigenvalue weighted by Gasteiger charge is 2.17. The van der Waals surface area contributed by atoms with Gasteiger partial charge in [0, 0.05) is 23.5 Å². The van der Waals surface area contributed by atoms with E-state index in [-0.39, 0.29) is 17.3 Å². The Morgan fingerprint density at radius 1 is 1.08 bits per heavy atom. The second kappa shape index (κ2) is 13.0. The van der Waals surface area contributed by atoms with Crippen LogP contribution >= 0.6 is 11.8 Å². The first kappa shape index (κ1) is 26.3. The number of allylic oxidation sites excluding steroid dienone is 1. The Morgan fingerprint density at radius 2 is 1.82 bits per heavy atom. The summed E-state index contributed by atoms with van der Waals surface area (Å²) in [7, 11) is 0. The molecule has 1 amide bonds. The fourth-order valence-corrected chi connectivity index (χ4v) is 4.23. The molecule has 0 aliphatic rings. The molecule has 0 saturated heterocycles. The molecule has 0 unspecified atom stereocenters. The van der Waals surface area contributed by atoms with Crippen molar-refractivity contribution in [2.75, 3.05) is 12.4 Å². The Morgan fingerprint density at radius 3 is 2.55 bits per heavy atom. The third-order valence-corrected chi connectivity index (χ3v) is 6.09. The van der Waals surface area contributed by atoms with Crippen molar-refractivity contribution >= 4 is 35.6 Å². The molecule has 0 spiro atoms. The van der Waals surface area contributed by atoms with Gasteiger partial charge < -0.3 is 4.74 Å². The number of hydrazone groups is 1. The van der Waals surface area contributed by atoms with Gasteiger partial charge in [-0.3, -0.25) is 19.5 Å². The van der Waals surface area contributed by atoms with Gasteiger partial charge in [-0.15, -0.1) is 10.2 Å². The molecule has 0 saturated carbocycles. The lowest BCUT2D eigenvalue weighted by molar-refractivity contribution is -0.385. The van der Waals surface area contributed by atoms with E-state index in [2.05, 4.69) is 20.7 Å². The number of nitro benzene ring substituents is 1. The van der Waals surface area contributed by atoms with Crippen LogP contribution in [0.4, 0.5) is 5.69 Å². The van der Waals surface area contributed by atoms with Crippen molar-refractivity contribution in [1.29, 1.82) is 0 Å². The normalized spacial score (nSPS) is 11.2. The predicted molar refractivity (Wildman–Crippen MR) is 147 cm³/mol. The number of benzene rings is 3. The van der Waals surface area contributed by atoms with Crippen LogP contribution in [0.5, 0.6) is 5.75 Å². The lowest BCUT2D eigenvalue weighted by atomic mass is 10.2. The van der Waals surface area contributed by atoms with E-state index in [1.807, 2.05) is 66.1 Å². The number of hydrogen-bond donors (Lipinski definition) is 1. The Kier molecular flexibility index (Phi) is 8.98. The van der Waals surface area contributed by atoms with Gasteiger partial charge in [0.2, 0.25) is 0 Å². The molecule has 0 atom stereocenters. The maximum absolute atomic E-state index is 12.4. The van der Waals surface area contributed by atoms with Crippen LogP contribution in [-0.4, -0.2) is 44.2 Å². The number of thioether (sulfide) groups is 1. The number of aromatic nitrogens is 3. The zero-order valence-electron chi connectivity index (χ0n) is 20.4. The minimum Gasteiger partial charge on any atom is -0.494 e. The van der Waals surface area contributed by atoms with E-state index in [4.69, 9.17) is 4.74 Å². The van der Waals surface area contributed by atoms with Crippen molar-refractivity contribution < 1.29 is 14.5 Å². The quantitative estimate of drug-likeness (QED) is 0.124. The number of rotatable bonds is 11. The third kappa shape index (κ3) is 6.71. The molecule has 1 aromatic heterocycles. The molecule has 4 rings (SSSR count). The summed E-state index contributed by atoms with van der Waals surface area (Å²) in [6.45, 7) is 2.50. The van der Waals surface area contributed by atoms with Crippen LogP contribution in [0, 0.1) is 10.1 Å². The average Bonchev–Trinajstić information content (AvgIpc) is 3.37. The second-order valence-electron chi connectivity index (χ2n) is 7.71. The van der Waals surface area contributed by atoms with Crippen LogP contribution in [0.3, 0.4) is 0 Å². The number of amides is 1. The standard InChI is InChI=1S/C27H24N6O4S/c1-2-37-23-16-14-22(15-17-23)32-26(21-10-4-3-5-11-21)30-31-27(32)38-19-25(34)29-28-18-8-12-20-9-6-7-13-24(20)33(35)36/h3-18H,2,19H2,1H3,(H,29,34)/b12-8+,28-18+. The first-order chi connectivity index (χ1) is 18.6. The third-order valence-electron chi connectivity index (χ3n) is 5.16. The van der Waals surface area contributed by atoms with E-state index >= 15 is 0 Å². The lowest BCUT2D eigenvalue weighted by Crippen LogP contribution is -2.19. The molecule has 10 nitrogen and oxygen atoms in total. The maximum Gasteiger partial charge on any atom is 0.276 e. The molecule has 3 aromatic carbocycles. The van der Waals surface area contributed by atoms with Gasteiger partial charge in [-0.05, 0) is 49.4 Å². The van der Waals surface area contributed by atoms with E-state index in [0.29, 0.717) is 23.2 Å². The van der Waals surface area contributed by atoms with E-state index in [1.54, 1.807) is 24.3 Å². The van der Waals surface area contributed by atoms with Crippen molar-refractivity contribution in [2.45, 2.75) is 12.1 Å². The molecule has 1 heterocycles. The monoisotopic (exact) mass is 528 g/mol. The first-order valence-corrected chi connectivity index (χ1v) is 12.6. The van der Waals surface area contributed by atoms with Crippen molar-refractivity contribution in [3.05, 3.63) is 101 Å². The van der Waals surface area contributed by atoms with Gasteiger partial charge in [0.1, 0.15) is 5.75 Å². The molecule has 0 aliphatic heterocycles. The van der Waals surface area contributed by atoms with Crippen LogP contribution in [0.15, 0.2) is 95.2 Å². The van der Waals surface area contributed by atoms with Crippen LogP contribution < -0.4 is 10.2 Å². The Labute approximate surface area is 223 Å². The number of nitrogens with one attached hydrogen (secondary N) is 1. The Hall–Kier alpha value is -4.77. The van der Waals surface area contributed by atoms with Gasteiger partial charge in [-0.25, -0.2) is 5.43 Å². The van der Waals surface area contributed by atoms with E-state index in [1.165, 1.54) is 30.1 Å². The topological polar surface area (TPSA) is 125 Å². The minimum absolute atomic E-state index is 0.0101. The van der Waals surface area contributed by atoms with Crippen LogP contribution in [0.2, 0.25) is 0 Å². The highest BCUT2D eigenvalue weighted by molar-refractivity contribution is 7.99. The maximum atomic E-state index is 12.4. The Balaban J connectivity index is 1.43. The largest absolute Gasteiger partial charge is 0.494 e. The molecule has 192 valence electrons. The molecular formula is C27H24N6O4S. The summed E-state index contributed by atoms with van der Waals surface area (Å²) in [6, 6.07) is 23.6. The van der Waals surface area contributed by atoms with E-state index < -0.39 is 4.92 Å². The number of nitrogens with zero attached hydrogens (tertiary/aromatic N) is 5. The highest BCUT2D eigenvalue weighted by atomic mass is 32.2. The van der Waals surface area contributed by atoms with Crippen LogP contribution in [-0.2, 0) is 4.79 Å². The SMILES string of the molecule is CCOc1ccc(-n2c(SCC(=O)N/N=C/C=C/c3ccccc3[N+](=O)[O-])nnc2-c2ccccc2)cc1. The van der Waals surface area contributed by atoms with Gasteiger partial charge in [-0.1, -0.05) is 54.2 Å². The summed E-state index contributed by atoms with van der Waals surface area (Å²) in [5.74, 6) is 1.12. The fourth-order valence-electron chi connectivity index (χ4n) is 3.48. The second-order valence-corrected chi connectivity index (χ2v) is 8.65. The number of nitro groups is 1. The van der Waals surface area contributed by atoms with Gasteiger partial charge in [0.25, 0.3) is 11.6 Å². The smallest absolute Gasteiger partial charge is 0.276 e. The molecule has 38 heavy (non-hydrogen) atoms. The first-order valence-electron chi connectivity index (χ1n) is 11.7. The summed E-state index contributed by atoms with van der Waals surface area (Å²) in [6.07, 6.45) is 4.42. The van der Waals surface area contributed by atoms with Crippen molar-refractivity contribution in [2.24, 2.45) is 5.10 Å².